The van der Waals surface area contributed by atoms with E-state index in [1.165, 1.54) is 38.8 Å². The minimum Gasteiger partial charge on any atom is -0.371 e. The van der Waals surface area contributed by atoms with Gasteiger partial charge >= 0.3 is 0 Å². The van der Waals surface area contributed by atoms with Crippen LogP contribution in [0.1, 0.15) is 46.5 Å². The van der Waals surface area contributed by atoms with Crippen LogP contribution in [0.5, 0.6) is 0 Å². The Labute approximate surface area is 112 Å². The molecule has 1 N–H and O–H groups in total. The second kappa shape index (κ2) is 5.89. The van der Waals surface area contributed by atoms with Gasteiger partial charge in [0, 0.05) is 19.1 Å². The van der Waals surface area contributed by atoms with Crippen LogP contribution in [0.15, 0.2) is 0 Å². The fourth-order valence-corrected chi connectivity index (χ4v) is 3.56. The van der Waals surface area contributed by atoms with Gasteiger partial charge < -0.3 is 15.0 Å². The highest BCUT2D eigenvalue weighted by Crippen LogP contribution is 2.30. The van der Waals surface area contributed by atoms with E-state index in [1.807, 2.05) is 0 Å². The molecular weight excluding hydrogens is 224 g/mol. The first kappa shape index (κ1) is 14.3. The molecule has 18 heavy (non-hydrogen) atoms. The maximum absolute atomic E-state index is 6.12. The van der Waals surface area contributed by atoms with E-state index in [0.717, 1.165) is 12.5 Å². The zero-order valence-electron chi connectivity index (χ0n) is 12.5. The van der Waals surface area contributed by atoms with Crippen LogP contribution in [0.3, 0.4) is 0 Å². The first-order chi connectivity index (χ1) is 8.54. The highest BCUT2D eigenvalue weighted by molar-refractivity contribution is 4.87. The van der Waals surface area contributed by atoms with Crippen LogP contribution >= 0.6 is 0 Å². The molecule has 106 valence electrons. The highest BCUT2D eigenvalue weighted by atomic mass is 16.5. The van der Waals surface area contributed by atoms with Crippen molar-refractivity contribution in [1.82, 2.24) is 10.2 Å². The topological polar surface area (TPSA) is 24.5 Å². The van der Waals surface area contributed by atoms with E-state index in [9.17, 15) is 0 Å². The molecule has 3 nitrogen and oxygen atoms in total. The quantitative estimate of drug-likeness (QED) is 0.833. The normalized spacial score (nSPS) is 37.0. The molecule has 0 saturated carbocycles. The summed E-state index contributed by atoms with van der Waals surface area (Å²) in [7, 11) is 2.10. The van der Waals surface area contributed by atoms with Crippen LogP contribution in [0, 0.1) is 5.92 Å². The summed E-state index contributed by atoms with van der Waals surface area (Å²) in [4.78, 5) is 2.62. The van der Waals surface area contributed by atoms with Gasteiger partial charge in [0.25, 0.3) is 0 Å². The minimum absolute atomic E-state index is 0.109. The van der Waals surface area contributed by atoms with Crippen molar-refractivity contribution >= 4 is 0 Å². The van der Waals surface area contributed by atoms with Crippen molar-refractivity contribution in [3.63, 3.8) is 0 Å². The first-order valence-corrected chi connectivity index (χ1v) is 7.61. The maximum Gasteiger partial charge on any atom is 0.0710 e. The number of piperidine rings is 1. The van der Waals surface area contributed by atoms with Gasteiger partial charge in [0.1, 0.15) is 0 Å². The lowest BCUT2D eigenvalue weighted by Crippen LogP contribution is -2.49. The summed E-state index contributed by atoms with van der Waals surface area (Å²) >= 11 is 0. The average molecular weight is 254 g/mol. The van der Waals surface area contributed by atoms with Crippen molar-refractivity contribution in [2.75, 3.05) is 26.7 Å². The number of nitrogens with zero attached hydrogens (tertiary/aromatic N) is 1. The van der Waals surface area contributed by atoms with Gasteiger partial charge in [0.2, 0.25) is 0 Å². The Kier molecular flexibility index (Phi) is 4.68. The second-order valence-corrected chi connectivity index (χ2v) is 6.65. The number of likely N-dealkylation sites (tertiary alicyclic amines) is 1. The van der Waals surface area contributed by atoms with E-state index < -0.39 is 0 Å². The molecule has 0 spiro atoms. The molecule has 2 aliphatic rings. The molecule has 0 radical (unpaired) electrons. The smallest absolute Gasteiger partial charge is 0.0710 e. The van der Waals surface area contributed by atoms with Crippen LogP contribution in [0.2, 0.25) is 0 Å². The standard InChI is InChI=1S/C15H30N2O/c1-5-12-10-17(9-7-14(12)16-4)11-13-6-8-15(2,3)18-13/h12-14,16H,5-11H2,1-4H3. The van der Waals surface area contributed by atoms with E-state index >= 15 is 0 Å². The van der Waals surface area contributed by atoms with Gasteiger partial charge in [-0.25, -0.2) is 0 Å². The molecule has 0 aromatic rings. The number of ether oxygens (including phenoxy) is 1. The summed E-state index contributed by atoms with van der Waals surface area (Å²) in [5.41, 5.74) is 0.109. The van der Waals surface area contributed by atoms with E-state index in [-0.39, 0.29) is 5.60 Å². The van der Waals surface area contributed by atoms with Gasteiger partial charge in [-0.1, -0.05) is 13.3 Å². The molecule has 2 aliphatic heterocycles. The third-order valence-electron chi connectivity index (χ3n) is 4.73. The fraction of sp³-hybridized carbons (Fsp3) is 1.00. The third-order valence-corrected chi connectivity index (χ3v) is 4.73. The third kappa shape index (κ3) is 3.46. The second-order valence-electron chi connectivity index (χ2n) is 6.65. The first-order valence-electron chi connectivity index (χ1n) is 7.61. The van der Waals surface area contributed by atoms with Crippen molar-refractivity contribution in [2.45, 2.75) is 64.2 Å². The van der Waals surface area contributed by atoms with Crippen molar-refractivity contribution in [1.29, 1.82) is 0 Å². The van der Waals surface area contributed by atoms with Crippen LogP contribution in [-0.2, 0) is 4.74 Å². The molecule has 0 aromatic heterocycles. The van der Waals surface area contributed by atoms with Crippen LogP contribution in [0.4, 0.5) is 0 Å². The van der Waals surface area contributed by atoms with Gasteiger partial charge in [-0.15, -0.1) is 0 Å². The molecular formula is C15H30N2O. The number of hydrogen-bond donors (Lipinski definition) is 1. The monoisotopic (exact) mass is 254 g/mol. The Morgan fingerprint density at radius 2 is 2.11 bits per heavy atom. The molecule has 0 bridgehead atoms. The Hall–Kier alpha value is -0.120. The zero-order chi connectivity index (χ0) is 13.2. The summed E-state index contributed by atoms with van der Waals surface area (Å²) in [5.74, 6) is 0.804. The van der Waals surface area contributed by atoms with Crippen molar-refractivity contribution in [3.05, 3.63) is 0 Å². The Bertz CT molecular complexity index is 267. The Morgan fingerprint density at radius 3 is 2.67 bits per heavy atom. The largest absolute Gasteiger partial charge is 0.371 e. The van der Waals surface area contributed by atoms with E-state index in [4.69, 9.17) is 4.74 Å². The molecule has 0 aromatic carbocycles. The minimum atomic E-state index is 0.109. The summed E-state index contributed by atoms with van der Waals surface area (Å²) in [6, 6.07) is 0.715. The van der Waals surface area contributed by atoms with Crippen LogP contribution < -0.4 is 5.32 Å². The molecule has 2 rings (SSSR count). The zero-order valence-corrected chi connectivity index (χ0v) is 12.5. The van der Waals surface area contributed by atoms with Crippen molar-refractivity contribution in [2.24, 2.45) is 5.92 Å². The van der Waals surface area contributed by atoms with Gasteiger partial charge in [0.15, 0.2) is 0 Å². The molecule has 3 unspecified atom stereocenters. The van der Waals surface area contributed by atoms with Gasteiger partial charge in [-0.05, 0) is 52.6 Å². The number of rotatable bonds is 4. The van der Waals surface area contributed by atoms with E-state index in [2.05, 4.69) is 38.0 Å². The predicted molar refractivity (Wildman–Crippen MR) is 75.9 cm³/mol. The lowest BCUT2D eigenvalue weighted by molar-refractivity contribution is -0.0345. The summed E-state index contributed by atoms with van der Waals surface area (Å²) in [6.45, 7) is 10.3. The van der Waals surface area contributed by atoms with Crippen molar-refractivity contribution < 1.29 is 4.74 Å². The molecule has 0 amide bonds. The summed E-state index contributed by atoms with van der Waals surface area (Å²) < 4.78 is 6.12. The molecule has 2 fully saturated rings. The summed E-state index contributed by atoms with van der Waals surface area (Å²) in [6.07, 6.45) is 5.46. The maximum atomic E-state index is 6.12. The van der Waals surface area contributed by atoms with E-state index in [0.29, 0.717) is 12.1 Å². The van der Waals surface area contributed by atoms with Crippen molar-refractivity contribution in [3.8, 4) is 0 Å². The lowest BCUT2D eigenvalue weighted by Gasteiger charge is -2.39. The van der Waals surface area contributed by atoms with Gasteiger partial charge in [-0.3, -0.25) is 0 Å². The molecule has 3 heteroatoms. The Morgan fingerprint density at radius 1 is 1.33 bits per heavy atom. The van der Waals surface area contributed by atoms with Crippen LogP contribution in [-0.4, -0.2) is 49.3 Å². The number of nitrogens with one attached hydrogen (secondary N) is 1. The molecule has 3 atom stereocenters. The SMILES string of the molecule is CCC1CN(CC2CCC(C)(C)O2)CCC1NC. The lowest BCUT2D eigenvalue weighted by atomic mass is 9.90. The molecule has 2 saturated heterocycles. The van der Waals surface area contributed by atoms with E-state index in [1.54, 1.807) is 0 Å². The van der Waals surface area contributed by atoms with Crippen LogP contribution in [0.25, 0.3) is 0 Å². The summed E-state index contributed by atoms with van der Waals surface area (Å²) in [5, 5.41) is 3.47. The Balaban J connectivity index is 1.81. The molecule has 0 aliphatic carbocycles. The molecule has 2 heterocycles. The van der Waals surface area contributed by atoms with Gasteiger partial charge in [-0.2, -0.15) is 0 Å². The highest BCUT2D eigenvalue weighted by Gasteiger charge is 2.34. The number of hydrogen-bond acceptors (Lipinski definition) is 3. The average Bonchev–Trinajstić information content (AvgIpc) is 2.68. The predicted octanol–water partition coefficient (Wildman–Crippen LogP) is 2.26. The van der Waals surface area contributed by atoms with Gasteiger partial charge in [0.05, 0.1) is 11.7 Å². The fourth-order valence-electron chi connectivity index (χ4n) is 3.56.